The predicted octanol–water partition coefficient (Wildman–Crippen LogP) is 1.85. The maximum Gasteiger partial charge on any atom is 0.138 e. The number of benzene rings is 1. The third-order valence-corrected chi connectivity index (χ3v) is 3.07. The van der Waals surface area contributed by atoms with Crippen molar-refractivity contribution in [2.24, 2.45) is 0 Å². The minimum Gasteiger partial charge on any atom is -0.506 e. The molecule has 1 fully saturated rings. The number of rotatable bonds is 0. The van der Waals surface area contributed by atoms with E-state index in [1.54, 1.807) is 6.07 Å². The van der Waals surface area contributed by atoms with Gasteiger partial charge in [-0.2, -0.15) is 0 Å². The van der Waals surface area contributed by atoms with Crippen molar-refractivity contribution in [2.75, 3.05) is 11.9 Å². The number of anilines is 1. The lowest BCUT2D eigenvalue weighted by molar-refractivity contribution is 0.477. The molecule has 1 aromatic carbocycles. The summed E-state index contributed by atoms with van der Waals surface area (Å²) in [6.45, 7) is 1.01. The Balaban J connectivity index is 2.23. The number of fused-ring (bicyclic) bond motifs is 2. The Morgan fingerprint density at radius 1 is 1.33 bits per heavy atom. The van der Waals surface area contributed by atoms with Gasteiger partial charge in [-0.3, -0.25) is 0 Å². The van der Waals surface area contributed by atoms with Crippen LogP contribution in [0.4, 0.5) is 5.69 Å². The number of hydrogen-bond acceptors (Lipinski definition) is 2. The molecule has 1 aromatic rings. The molecule has 1 spiro atoms. The Bertz CT molecular complexity index is 342. The fourth-order valence-corrected chi connectivity index (χ4v) is 2.12. The quantitative estimate of drug-likeness (QED) is 0.569. The molecular weight excluding hydrogens is 150 g/mol. The van der Waals surface area contributed by atoms with Gasteiger partial charge in [0.1, 0.15) is 5.75 Å². The van der Waals surface area contributed by atoms with Crippen LogP contribution in [-0.4, -0.2) is 11.7 Å². The molecule has 1 aliphatic carbocycles. The van der Waals surface area contributed by atoms with Crippen molar-refractivity contribution in [1.29, 1.82) is 0 Å². The van der Waals surface area contributed by atoms with Gasteiger partial charge in [0.25, 0.3) is 0 Å². The van der Waals surface area contributed by atoms with Crippen LogP contribution in [0.5, 0.6) is 5.75 Å². The van der Waals surface area contributed by atoms with Gasteiger partial charge in [-0.15, -0.1) is 0 Å². The van der Waals surface area contributed by atoms with Crippen molar-refractivity contribution >= 4 is 5.69 Å². The molecule has 0 bridgehead atoms. The predicted molar refractivity (Wildman–Crippen MR) is 47.5 cm³/mol. The molecule has 2 aliphatic rings. The Morgan fingerprint density at radius 2 is 2.17 bits per heavy atom. The van der Waals surface area contributed by atoms with Crippen molar-refractivity contribution in [2.45, 2.75) is 18.3 Å². The summed E-state index contributed by atoms with van der Waals surface area (Å²) in [5.41, 5.74) is 2.69. The van der Waals surface area contributed by atoms with Gasteiger partial charge in [-0.25, -0.2) is 0 Å². The highest BCUT2D eigenvalue weighted by molar-refractivity contribution is 5.69. The topological polar surface area (TPSA) is 32.3 Å². The van der Waals surface area contributed by atoms with Gasteiger partial charge in [0.15, 0.2) is 0 Å². The Kier molecular flexibility index (Phi) is 0.932. The highest BCUT2D eigenvalue weighted by Gasteiger charge is 2.49. The van der Waals surface area contributed by atoms with E-state index in [0.29, 0.717) is 11.2 Å². The molecule has 0 aromatic heterocycles. The average Bonchev–Trinajstić information content (AvgIpc) is 2.73. The lowest BCUT2D eigenvalue weighted by Crippen LogP contribution is -2.07. The average molecular weight is 161 g/mol. The lowest BCUT2D eigenvalue weighted by atomic mass is 9.98. The summed E-state index contributed by atoms with van der Waals surface area (Å²) >= 11 is 0. The molecule has 3 rings (SSSR count). The second kappa shape index (κ2) is 1.76. The van der Waals surface area contributed by atoms with Gasteiger partial charge < -0.3 is 10.4 Å². The minimum absolute atomic E-state index is 0.397. The van der Waals surface area contributed by atoms with Crippen LogP contribution >= 0.6 is 0 Å². The van der Waals surface area contributed by atoms with E-state index in [1.807, 2.05) is 6.07 Å². The largest absolute Gasteiger partial charge is 0.506 e. The molecule has 1 aliphatic heterocycles. The van der Waals surface area contributed by atoms with Crippen LogP contribution in [0.25, 0.3) is 0 Å². The maximum absolute atomic E-state index is 9.53. The van der Waals surface area contributed by atoms with Gasteiger partial charge in [-0.1, -0.05) is 12.1 Å². The standard InChI is InChI=1S/C10H11NO/c12-8-3-1-2-7-9(8)11-6-10(7)4-5-10/h1-3,11-12H,4-6H2. The second-order valence-electron chi connectivity index (χ2n) is 3.83. The van der Waals surface area contributed by atoms with Crippen LogP contribution in [0.1, 0.15) is 18.4 Å². The summed E-state index contributed by atoms with van der Waals surface area (Å²) in [6.07, 6.45) is 2.55. The zero-order chi connectivity index (χ0) is 8.18. The molecule has 0 unspecified atom stereocenters. The van der Waals surface area contributed by atoms with Gasteiger partial charge in [0.2, 0.25) is 0 Å². The first-order chi connectivity index (χ1) is 5.82. The first-order valence-corrected chi connectivity index (χ1v) is 4.38. The maximum atomic E-state index is 9.53. The van der Waals surface area contributed by atoms with Crippen LogP contribution in [-0.2, 0) is 5.41 Å². The van der Waals surface area contributed by atoms with Gasteiger partial charge >= 0.3 is 0 Å². The van der Waals surface area contributed by atoms with Crippen LogP contribution in [0.15, 0.2) is 18.2 Å². The van der Waals surface area contributed by atoms with Crippen molar-refractivity contribution in [3.63, 3.8) is 0 Å². The normalized spacial score (nSPS) is 22.0. The molecule has 0 amide bonds. The van der Waals surface area contributed by atoms with Crippen LogP contribution in [0, 0.1) is 0 Å². The fraction of sp³-hybridized carbons (Fsp3) is 0.400. The molecule has 1 heterocycles. The van der Waals surface area contributed by atoms with E-state index in [9.17, 15) is 5.11 Å². The zero-order valence-electron chi connectivity index (χ0n) is 6.80. The fourth-order valence-electron chi connectivity index (χ4n) is 2.12. The van der Waals surface area contributed by atoms with Crippen molar-refractivity contribution < 1.29 is 5.11 Å². The summed E-state index contributed by atoms with van der Waals surface area (Å²) in [7, 11) is 0. The molecule has 2 nitrogen and oxygen atoms in total. The molecule has 0 atom stereocenters. The molecule has 12 heavy (non-hydrogen) atoms. The van der Waals surface area contributed by atoms with Gasteiger partial charge in [0.05, 0.1) is 5.69 Å². The summed E-state index contributed by atoms with van der Waals surface area (Å²) in [5, 5.41) is 12.8. The summed E-state index contributed by atoms with van der Waals surface area (Å²) in [4.78, 5) is 0. The molecular formula is C10H11NO. The SMILES string of the molecule is Oc1cccc2c1NCC21CC1. The van der Waals surface area contributed by atoms with E-state index >= 15 is 0 Å². The molecule has 0 saturated heterocycles. The van der Waals surface area contributed by atoms with E-state index in [1.165, 1.54) is 18.4 Å². The summed E-state index contributed by atoms with van der Waals surface area (Å²) < 4.78 is 0. The Morgan fingerprint density at radius 3 is 2.92 bits per heavy atom. The van der Waals surface area contributed by atoms with Crippen molar-refractivity contribution in [1.82, 2.24) is 0 Å². The monoisotopic (exact) mass is 161 g/mol. The molecule has 2 N–H and O–H groups in total. The van der Waals surface area contributed by atoms with Crippen molar-refractivity contribution in [3.05, 3.63) is 23.8 Å². The lowest BCUT2D eigenvalue weighted by Gasteiger charge is -2.04. The number of hydrogen-bond donors (Lipinski definition) is 2. The number of para-hydroxylation sites is 1. The minimum atomic E-state index is 0.397. The summed E-state index contributed by atoms with van der Waals surface area (Å²) in [6, 6.07) is 5.80. The third kappa shape index (κ3) is 0.607. The first kappa shape index (κ1) is 6.35. The van der Waals surface area contributed by atoms with Crippen molar-refractivity contribution in [3.8, 4) is 5.75 Å². The van der Waals surface area contributed by atoms with E-state index in [4.69, 9.17) is 0 Å². The third-order valence-electron chi connectivity index (χ3n) is 3.07. The summed E-state index contributed by atoms with van der Waals surface area (Å²) in [5.74, 6) is 0.399. The Hall–Kier alpha value is -1.18. The number of phenols is 1. The van der Waals surface area contributed by atoms with Gasteiger partial charge in [-0.05, 0) is 24.5 Å². The number of phenolic OH excluding ortho intramolecular Hbond substituents is 1. The van der Waals surface area contributed by atoms with E-state index in [-0.39, 0.29) is 0 Å². The first-order valence-electron chi connectivity index (χ1n) is 4.38. The Labute approximate surface area is 71.2 Å². The number of nitrogens with one attached hydrogen (secondary N) is 1. The van der Waals surface area contributed by atoms with E-state index < -0.39 is 0 Å². The van der Waals surface area contributed by atoms with Crippen LogP contribution in [0.3, 0.4) is 0 Å². The molecule has 1 saturated carbocycles. The number of aromatic hydroxyl groups is 1. The van der Waals surface area contributed by atoms with Crippen LogP contribution < -0.4 is 5.32 Å². The van der Waals surface area contributed by atoms with E-state index in [2.05, 4.69) is 11.4 Å². The molecule has 0 radical (unpaired) electrons. The highest BCUT2D eigenvalue weighted by Crippen LogP contribution is 2.55. The second-order valence-corrected chi connectivity index (χ2v) is 3.83. The van der Waals surface area contributed by atoms with Gasteiger partial charge in [0, 0.05) is 12.0 Å². The zero-order valence-corrected chi connectivity index (χ0v) is 6.80. The highest BCUT2D eigenvalue weighted by atomic mass is 16.3. The molecule has 2 heteroatoms. The smallest absolute Gasteiger partial charge is 0.138 e. The molecule has 62 valence electrons. The van der Waals surface area contributed by atoms with E-state index in [0.717, 1.165) is 12.2 Å². The van der Waals surface area contributed by atoms with Crippen LogP contribution in [0.2, 0.25) is 0 Å².